The maximum Gasteiger partial charge on any atom is 0.176 e. The topological polar surface area (TPSA) is 30.9 Å². The van der Waals surface area contributed by atoms with Gasteiger partial charge in [0.15, 0.2) is 6.29 Å². The van der Waals surface area contributed by atoms with Crippen molar-refractivity contribution in [1.82, 2.24) is 15.1 Å². The highest BCUT2D eigenvalue weighted by Crippen LogP contribution is 2.26. The monoisotopic (exact) mass is 436 g/mol. The molecule has 0 amide bonds. The fourth-order valence-corrected chi connectivity index (χ4v) is 4.48. The Morgan fingerprint density at radius 2 is 2.11 bits per heavy atom. The van der Waals surface area contributed by atoms with Crippen LogP contribution >= 0.6 is 34.5 Å². The molecule has 0 saturated carbocycles. The van der Waals surface area contributed by atoms with E-state index in [2.05, 4.69) is 59.0 Å². The first kappa shape index (κ1) is 21.3. The van der Waals surface area contributed by atoms with Gasteiger partial charge in [-0.25, -0.2) is 4.99 Å². The molecule has 150 valence electrons. The number of hydrogen-bond donors (Lipinski definition) is 1. The van der Waals surface area contributed by atoms with E-state index in [4.69, 9.17) is 28.2 Å². The third-order valence-electron chi connectivity index (χ3n) is 4.78. The lowest BCUT2D eigenvalue weighted by atomic mass is 10.0. The lowest BCUT2D eigenvalue weighted by Gasteiger charge is -2.38. The van der Waals surface area contributed by atoms with Gasteiger partial charge in [0.05, 0.1) is 10.6 Å². The van der Waals surface area contributed by atoms with E-state index in [9.17, 15) is 0 Å². The van der Waals surface area contributed by atoms with E-state index in [-0.39, 0.29) is 12.3 Å². The van der Waals surface area contributed by atoms with Gasteiger partial charge in [0.1, 0.15) is 0 Å². The number of allylic oxidation sites excluding steroid dienone is 1. The van der Waals surface area contributed by atoms with Crippen molar-refractivity contribution < 1.29 is 0 Å². The molecule has 1 aliphatic heterocycles. The molecule has 0 fully saturated rings. The van der Waals surface area contributed by atoms with Crippen LogP contribution in [-0.2, 0) is 6.42 Å². The van der Waals surface area contributed by atoms with Crippen molar-refractivity contribution in [2.45, 2.75) is 25.2 Å². The second-order valence-electron chi connectivity index (χ2n) is 7.10. The van der Waals surface area contributed by atoms with Gasteiger partial charge in [-0.2, -0.15) is 0 Å². The number of aliphatic imine (C=N–C) groups is 1. The molecule has 0 spiro atoms. The number of nitrogens with one attached hydrogen (secondary N) is 1. The summed E-state index contributed by atoms with van der Waals surface area (Å²) >= 11 is 14.2. The van der Waals surface area contributed by atoms with Gasteiger partial charge in [0.25, 0.3) is 0 Å². The van der Waals surface area contributed by atoms with Gasteiger partial charge in [-0.3, -0.25) is 5.32 Å². The van der Waals surface area contributed by atoms with Crippen LogP contribution in [0, 0.1) is 0 Å². The lowest BCUT2D eigenvalue weighted by Crippen LogP contribution is -2.49. The summed E-state index contributed by atoms with van der Waals surface area (Å²) in [6.07, 6.45) is 5.98. The first-order valence-corrected chi connectivity index (χ1v) is 10.9. The Bertz CT molecular complexity index is 833. The molecule has 2 atom stereocenters. The largest absolute Gasteiger partial charge is 0.341 e. The van der Waals surface area contributed by atoms with E-state index >= 15 is 0 Å². The Balaban J connectivity index is 1.83. The first-order chi connectivity index (χ1) is 13.5. The van der Waals surface area contributed by atoms with Crippen LogP contribution in [0.3, 0.4) is 0 Å². The molecule has 1 aromatic heterocycles. The van der Waals surface area contributed by atoms with Crippen molar-refractivity contribution in [3.05, 3.63) is 68.5 Å². The average molecular weight is 437 g/mol. The minimum atomic E-state index is -0.111. The summed E-state index contributed by atoms with van der Waals surface area (Å²) in [5, 5.41) is 6.80. The normalized spacial score (nSPS) is 17.9. The van der Waals surface area contributed by atoms with Crippen LogP contribution in [0.4, 0.5) is 0 Å². The van der Waals surface area contributed by atoms with E-state index in [1.54, 1.807) is 11.3 Å². The van der Waals surface area contributed by atoms with Crippen molar-refractivity contribution in [2.24, 2.45) is 4.99 Å². The Hall–Kier alpha value is -1.37. The van der Waals surface area contributed by atoms with Gasteiger partial charge in [-0.1, -0.05) is 35.3 Å². The standard InChI is InChI=1S/C21H26Cl2N4S/c1-24-21-25-19(20-5-4-12-28-20)9-11-27(21)17(8-10-26(2)3)13-15-6-7-16(22)14-18(15)23/h4-7,9,11-12,14,17,21,24H,8,10,13H2,1-3H3/t17-,21?/m0/s1. The summed E-state index contributed by atoms with van der Waals surface area (Å²) in [6.45, 7) is 0.984. The zero-order chi connectivity index (χ0) is 20.1. The van der Waals surface area contributed by atoms with Crippen LogP contribution in [-0.4, -0.2) is 55.5 Å². The summed E-state index contributed by atoms with van der Waals surface area (Å²) in [5.41, 5.74) is 2.12. The highest BCUT2D eigenvalue weighted by atomic mass is 35.5. The number of hydrogen-bond acceptors (Lipinski definition) is 5. The van der Waals surface area contributed by atoms with Crippen molar-refractivity contribution in [3.8, 4) is 0 Å². The van der Waals surface area contributed by atoms with Gasteiger partial charge in [-0.15, -0.1) is 11.3 Å². The number of thiophene rings is 1. The molecule has 1 aliphatic rings. The van der Waals surface area contributed by atoms with Crippen molar-refractivity contribution in [2.75, 3.05) is 27.7 Å². The molecule has 0 saturated heterocycles. The SMILES string of the molecule is CNC1N=C(c2cccs2)C=CN1[C@@H](CCN(C)C)Cc1ccc(Cl)cc1Cl. The number of halogens is 2. The molecule has 1 aromatic carbocycles. The minimum absolute atomic E-state index is 0.111. The van der Waals surface area contributed by atoms with E-state index < -0.39 is 0 Å². The zero-order valence-corrected chi connectivity index (χ0v) is 18.7. The summed E-state index contributed by atoms with van der Waals surface area (Å²) in [4.78, 5) is 10.6. The molecule has 0 radical (unpaired) electrons. The lowest BCUT2D eigenvalue weighted by molar-refractivity contribution is 0.164. The second-order valence-corrected chi connectivity index (χ2v) is 8.89. The predicted molar refractivity (Wildman–Crippen MR) is 122 cm³/mol. The van der Waals surface area contributed by atoms with Gasteiger partial charge in [0.2, 0.25) is 0 Å². The Morgan fingerprint density at radius 3 is 2.75 bits per heavy atom. The number of benzene rings is 1. The smallest absolute Gasteiger partial charge is 0.176 e. The molecule has 3 rings (SSSR count). The predicted octanol–water partition coefficient (Wildman–Crippen LogP) is 4.74. The van der Waals surface area contributed by atoms with Crippen molar-refractivity contribution in [3.63, 3.8) is 0 Å². The van der Waals surface area contributed by atoms with E-state index in [1.807, 2.05) is 25.2 Å². The summed E-state index contributed by atoms with van der Waals surface area (Å²) in [5.74, 6) is 0. The van der Waals surface area contributed by atoms with E-state index in [0.717, 1.165) is 30.7 Å². The Labute approximate surface area is 181 Å². The molecule has 0 aliphatic carbocycles. The molecule has 28 heavy (non-hydrogen) atoms. The van der Waals surface area contributed by atoms with Crippen LogP contribution in [0.15, 0.2) is 53.0 Å². The number of nitrogens with zero attached hydrogens (tertiary/aromatic N) is 3. The van der Waals surface area contributed by atoms with E-state index in [0.29, 0.717) is 10.0 Å². The highest BCUT2D eigenvalue weighted by Gasteiger charge is 2.26. The van der Waals surface area contributed by atoms with Crippen LogP contribution in [0.5, 0.6) is 0 Å². The van der Waals surface area contributed by atoms with Gasteiger partial charge in [0, 0.05) is 22.3 Å². The molecular weight excluding hydrogens is 411 g/mol. The van der Waals surface area contributed by atoms with E-state index in [1.165, 1.54) is 4.88 Å². The fraction of sp³-hybridized carbons (Fsp3) is 0.381. The molecule has 0 bridgehead atoms. The summed E-state index contributed by atoms with van der Waals surface area (Å²) < 4.78 is 0. The molecule has 4 nitrogen and oxygen atoms in total. The zero-order valence-electron chi connectivity index (χ0n) is 16.4. The van der Waals surface area contributed by atoms with Gasteiger partial charge < -0.3 is 9.80 Å². The van der Waals surface area contributed by atoms with Gasteiger partial charge >= 0.3 is 0 Å². The minimum Gasteiger partial charge on any atom is -0.341 e. The van der Waals surface area contributed by atoms with Crippen molar-refractivity contribution in [1.29, 1.82) is 0 Å². The molecule has 2 heterocycles. The molecule has 1 unspecified atom stereocenters. The maximum atomic E-state index is 6.46. The molecule has 2 aromatic rings. The Kier molecular flexibility index (Phi) is 7.55. The quantitative estimate of drug-likeness (QED) is 0.647. The average Bonchev–Trinajstić information content (AvgIpc) is 3.21. The third-order valence-corrected chi connectivity index (χ3v) is 6.26. The van der Waals surface area contributed by atoms with Crippen LogP contribution < -0.4 is 5.32 Å². The summed E-state index contributed by atoms with van der Waals surface area (Å²) in [6, 6.07) is 10.2. The van der Waals surface area contributed by atoms with Crippen molar-refractivity contribution >= 4 is 40.3 Å². The number of rotatable bonds is 8. The molecular formula is C21H26Cl2N4S. The first-order valence-electron chi connectivity index (χ1n) is 9.31. The summed E-state index contributed by atoms with van der Waals surface area (Å²) in [7, 11) is 6.15. The maximum absolute atomic E-state index is 6.46. The highest BCUT2D eigenvalue weighted by molar-refractivity contribution is 7.12. The molecule has 7 heteroatoms. The van der Waals surface area contributed by atoms with Crippen LogP contribution in [0.1, 0.15) is 16.9 Å². The molecule has 1 N–H and O–H groups in total. The van der Waals surface area contributed by atoms with Gasteiger partial charge in [-0.05, 0) is 75.7 Å². The van der Waals surface area contributed by atoms with Crippen LogP contribution in [0.25, 0.3) is 0 Å². The van der Waals surface area contributed by atoms with Crippen LogP contribution in [0.2, 0.25) is 10.0 Å². The fourth-order valence-electron chi connectivity index (χ4n) is 3.29. The Morgan fingerprint density at radius 1 is 1.29 bits per heavy atom. The third kappa shape index (κ3) is 5.37. The second kappa shape index (κ2) is 9.90.